The van der Waals surface area contributed by atoms with Crippen molar-refractivity contribution >= 4 is 44.5 Å². The van der Waals surface area contributed by atoms with Crippen LogP contribution in [0, 0.1) is 10.1 Å². The maximum Gasteiger partial charge on any atom is 0.310 e. The molecule has 1 amide bonds. The molecule has 0 radical (unpaired) electrons. The second-order valence-electron chi connectivity index (χ2n) is 5.73. The second kappa shape index (κ2) is 7.96. The van der Waals surface area contributed by atoms with Gasteiger partial charge in [0.05, 0.1) is 17.6 Å². The highest BCUT2D eigenvalue weighted by atomic mass is 79.9. The Kier molecular flexibility index (Phi) is 5.46. The van der Waals surface area contributed by atoms with E-state index < -0.39 is 16.4 Å². The molecule has 0 heterocycles. The summed E-state index contributed by atoms with van der Waals surface area (Å²) in [5.74, 6) is -0.763. The zero-order chi connectivity index (χ0) is 19.4. The lowest BCUT2D eigenvalue weighted by atomic mass is 10.0. The summed E-state index contributed by atoms with van der Waals surface area (Å²) in [6.45, 7) is 0. The first-order chi connectivity index (χ1) is 13.0. The van der Waals surface area contributed by atoms with E-state index in [1.807, 2.05) is 36.4 Å². The fraction of sp³-hybridized carbons (Fsp3) is 0.0526. The number of amides is 1. The molecule has 2 N–H and O–H groups in total. The first-order valence-corrected chi connectivity index (χ1v) is 8.70. The summed E-state index contributed by atoms with van der Waals surface area (Å²) >= 11 is 3.50. The minimum atomic E-state index is -0.680. The lowest BCUT2D eigenvalue weighted by molar-refractivity contribution is -0.385. The number of hydrogen-bond donors (Lipinski definition) is 2. The highest BCUT2D eigenvalue weighted by Gasteiger charge is 2.12. The third-order valence-electron chi connectivity index (χ3n) is 3.91. The van der Waals surface area contributed by atoms with Gasteiger partial charge in [0.15, 0.2) is 5.75 Å². The average molecular weight is 428 g/mol. The van der Waals surface area contributed by atoms with Gasteiger partial charge in [-0.25, -0.2) is 5.43 Å². The normalized spacial score (nSPS) is 11.0. The van der Waals surface area contributed by atoms with E-state index in [1.54, 1.807) is 0 Å². The number of carbonyl (C=O) groups is 1. The number of hydrazone groups is 1. The Hall–Kier alpha value is -3.26. The monoisotopic (exact) mass is 427 g/mol. The molecule has 0 aliphatic rings. The van der Waals surface area contributed by atoms with Gasteiger partial charge >= 0.3 is 5.69 Å². The predicted molar refractivity (Wildman–Crippen MR) is 106 cm³/mol. The van der Waals surface area contributed by atoms with Crippen LogP contribution in [0.3, 0.4) is 0 Å². The lowest BCUT2D eigenvalue weighted by Crippen LogP contribution is -2.19. The van der Waals surface area contributed by atoms with E-state index in [0.29, 0.717) is 5.56 Å². The van der Waals surface area contributed by atoms with Gasteiger partial charge in [0.25, 0.3) is 0 Å². The van der Waals surface area contributed by atoms with Crippen molar-refractivity contribution in [3.8, 4) is 5.75 Å². The predicted octanol–water partition coefficient (Wildman–Crippen LogP) is 3.91. The molecule has 0 aliphatic carbocycles. The van der Waals surface area contributed by atoms with Crippen LogP contribution in [0.2, 0.25) is 0 Å². The van der Waals surface area contributed by atoms with E-state index in [1.165, 1.54) is 24.4 Å². The van der Waals surface area contributed by atoms with E-state index in [9.17, 15) is 20.0 Å². The molecule has 0 saturated carbocycles. The summed E-state index contributed by atoms with van der Waals surface area (Å²) in [6, 6.07) is 15.3. The molecule has 136 valence electrons. The van der Waals surface area contributed by atoms with E-state index >= 15 is 0 Å². The molecular weight excluding hydrogens is 414 g/mol. The van der Waals surface area contributed by atoms with E-state index in [0.717, 1.165) is 20.8 Å². The molecule has 0 aliphatic heterocycles. The van der Waals surface area contributed by atoms with Crippen LogP contribution in [0.4, 0.5) is 5.69 Å². The molecule has 27 heavy (non-hydrogen) atoms. The number of phenols is 1. The van der Waals surface area contributed by atoms with E-state index in [-0.39, 0.29) is 12.3 Å². The molecule has 0 bridgehead atoms. The maximum atomic E-state index is 12.2. The Bertz CT molecular complexity index is 1070. The van der Waals surface area contributed by atoms with Crippen LogP contribution < -0.4 is 5.43 Å². The topological polar surface area (TPSA) is 105 Å². The largest absolute Gasteiger partial charge is 0.502 e. The Balaban J connectivity index is 1.69. The average Bonchev–Trinajstić information content (AvgIpc) is 2.64. The summed E-state index contributed by atoms with van der Waals surface area (Å²) in [5, 5.41) is 26.1. The Morgan fingerprint density at radius 1 is 1.19 bits per heavy atom. The minimum Gasteiger partial charge on any atom is -0.502 e. The maximum absolute atomic E-state index is 12.2. The summed E-state index contributed by atoms with van der Waals surface area (Å²) in [4.78, 5) is 22.2. The number of nitro benzene ring substituents is 1. The van der Waals surface area contributed by atoms with Crippen molar-refractivity contribution < 1.29 is 14.8 Å². The molecule has 0 spiro atoms. The van der Waals surface area contributed by atoms with Gasteiger partial charge in [-0.15, -0.1) is 0 Å². The number of aromatic hydroxyl groups is 1. The van der Waals surface area contributed by atoms with Crippen molar-refractivity contribution in [1.29, 1.82) is 0 Å². The van der Waals surface area contributed by atoms with Crippen LogP contribution in [0.5, 0.6) is 5.75 Å². The number of phenolic OH excluding ortho intramolecular Hbond substituents is 1. The van der Waals surface area contributed by atoms with Crippen LogP contribution >= 0.6 is 15.9 Å². The molecule has 0 atom stereocenters. The first-order valence-electron chi connectivity index (χ1n) is 7.91. The number of halogens is 1. The van der Waals surface area contributed by atoms with Crippen LogP contribution in [0.25, 0.3) is 10.8 Å². The SMILES string of the molecule is O=C(Cc1ccc(Br)c2ccccc12)NN=Cc1ccc([N+](=O)[O-])c(O)c1. The van der Waals surface area contributed by atoms with Gasteiger partial charge in [-0.1, -0.05) is 46.3 Å². The molecule has 3 rings (SSSR count). The highest BCUT2D eigenvalue weighted by molar-refractivity contribution is 9.10. The zero-order valence-corrected chi connectivity index (χ0v) is 15.5. The standard InChI is InChI=1S/C19H14BrN3O4/c20-16-7-6-13(14-3-1-2-4-15(14)16)10-19(25)22-21-11-12-5-8-17(23(26)27)18(24)9-12/h1-9,11,24H,10H2,(H,22,25). The molecule has 0 unspecified atom stereocenters. The van der Waals surface area contributed by atoms with Crippen LogP contribution in [0.15, 0.2) is 64.2 Å². The van der Waals surface area contributed by atoms with Gasteiger partial charge in [-0.2, -0.15) is 5.10 Å². The molecule has 0 fully saturated rings. The Morgan fingerprint density at radius 2 is 1.93 bits per heavy atom. The smallest absolute Gasteiger partial charge is 0.310 e. The third-order valence-corrected chi connectivity index (χ3v) is 4.60. The van der Waals surface area contributed by atoms with Crippen LogP contribution in [0.1, 0.15) is 11.1 Å². The second-order valence-corrected chi connectivity index (χ2v) is 6.58. The summed E-state index contributed by atoms with van der Waals surface area (Å²) in [5.41, 5.74) is 3.32. The van der Waals surface area contributed by atoms with Crippen LogP contribution in [-0.2, 0) is 11.2 Å². The molecule has 8 heteroatoms. The van der Waals surface area contributed by atoms with Crippen molar-refractivity contribution in [2.45, 2.75) is 6.42 Å². The molecular formula is C19H14BrN3O4. The number of hydrogen-bond acceptors (Lipinski definition) is 5. The summed E-state index contributed by atoms with van der Waals surface area (Å²) in [6.07, 6.45) is 1.46. The summed E-state index contributed by atoms with van der Waals surface area (Å²) < 4.78 is 0.957. The van der Waals surface area contributed by atoms with Gasteiger partial charge in [0.1, 0.15) is 0 Å². The van der Waals surface area contributed by atoms with Crippen molar-refractivity contribution in [3.63, 3.8) is 0 Å². The number of benzene rings is 3. The number of carbonyl (C=O) groups excluding carboxylic acids is 1. The van der Waals surface area contributed by atoms with E-state index in [2.05, 4.69) is 26.5 Å². The number of nitro groups is 1. The van der Waals surface area contributed by atoms with Crippen molar-refractivity contribution in [2.75, 3.05) is 0 Å². The number of nitrogens with one attached hydrogen (secondary N) is 1. The van der Waals surface area contributed by atoms with Crippen molar-refractivity contribution in [3.05, 3.63) is 80.3 Å². The fourth-order valence-electron chi connectivity index (χ4n) is 2.65. The Labute approximate surface area is 162 Å². The molecule has 0 saturated heterocycles. The van der Waals surface area contributed by atoms with Crippen LogP contribution in [-0.4, -0.2) is 22.2 Å². The van der Waals surface area contributed by atoms with Crippen molar-refractivity contribution in [1.82, 2.24) is 5.43 Å². The lowest BCUT2D eigenvalue weighted by Gasteiger charge is -2.07. The molecule has 7 nitrogen and oxygen atoms in total. The highest BCUT2D eigenvalue weighted by Crippen LogP contribution is 2.27. The quantitative estimate of drug-likeness (QED) is 0.365. The van der Waals surface area contributed by atoms with Gasteiger partial charge in [-0.05, 0) is 40.1 Å². The van der Waals surface area contributed by atoms with E-state index in [4.69, 9.17) is 0 Å². The summed E-state index contributed by atoms with van der Waals surface area (Å²) in [7, 11) is 0. The molecule has 0 aromatic heterocycles. The zero-order valence-electron chi connectivity index (χ0n) is 13.9. The number of fused-ring (bicyclic) bond motifs is 1. The molecule has 3 aromatic rings. The third kappa shape index (κ3) is 4.29. The number of nitrogens with zero attached hydrogens (tertiary/aromatic N) is 2. The minimum absolute atomic E-state index is 0.149. The van der Waals surface area contributed by atoms with Gasteiger partial charge < -0.3 is 5.11 Å². The first kappa shape index (κ1) is 18.5. The Morgan fingerprint density at radius 3 is 2.63 bits per heavy atom. The molecule has 3 aromatic carbocycles. The van der Waals surface area contributed by atoms with Gasteiger partial charge in [0.2, 0.25) is 5.91 Å². The fourth-order valence-corrected chi connectivity index (χ4v) is 3.12. The van der Waals surface area contributed by atoms with Gasteiger partial charge in [-0.3, -0.25) is 14.9 Å². The number of rotatable bonds is 5. The van der Waals surface area contributed by atoms with Crippen molar-refractivity contribution in [2.24, 2.45) is 5.10 Å². The van der Waals surface area contributed by atoms with Gasteiger partial charge in [0, 0.05) is 10.5 Å².